The van der Waals surface area contributed by atoms with Gasteiger partial charge in [0.2, 0.25) is 11.8 Å². The normalized spacial score (nSPS) is 12.9. The summed E-state index contributed by atoms with van der Waals surface area (Å²) in [4.78, 5) is 43.3. The van der Waals surface area contributed by atoms with Crippen LogP contribution < -0.4 is 11.1 Å². The smallest absolute Gasteiger partial charge is 0.329 e. The quantitative estimate of drug-likeness (QED) is 0.0899. The molecular formula is C41H49N3O6. The third-order valence-electron chi connectivity index (χ3n) is 8.43. The molecule has 0 aliphatic heterocycles. The van der Waals surface area contributed by atoms with Crippen molar-refractivity contribution in [2.24, 2.45) is 5.73 Å². The van der Waals surface area contributed by atoms with Crippen molar-refractivity contribution in [2.75, 3.05) is 20.8 Å². The van der Waals surface area contributed by atoms with Crippen LogP contribution >= 0.6 is 0 Å². The van der Waals surface area contributed by atoms with E-state index in [0.29, 0.717) is 0 Å². The number of hydrogen-bond acceptors (Lipinski definition) is 7. The third-order valence-corrected chi connectivity index (χ3v) is 8.43. The second-order valence-corrected chi connectivity index (χ2v) is 13.2. The Morgan fingerprint density at radius 1 is 0.720 bits per heavy atom. The lowest BCUT2D eigenvalue weighted by atomic mass is 9.77. The zero-order valence-electron chi connectivity index (χ0n) is 29.6. The van der Waals surface area contributed by atoms with Gasteiger partial charge in [-0.25, -0.2) is 4.79 Å². The van der Waals surface area contributed by atoms with E-state index >= 15 is 0 Å². The second kappa shape index (κ2) is 17.7. The second-order valence-electron chi connectivity index (χ2n) is 13.2. The first kappa shape index (κ1) is 38.0. The SMILES string of the molecule is COC(CN(C(=O)[C@@H](N)CCC(=O)NC(c1ccccc1)(c1ccccc1)c1ccccc1)[C@@H](Cc1ccccc1)C(=O)OC(C)(C)C)OC. The lowest BCUT2D eigenvalue weighted by molar-refractivity contribution is -0.171. The number of rotatable bonds is 16. The first-order valence-electron chi connectivity index (χ1n) is 16.8. The fraction of sp³-hybridized carbons (Fsp3) is 0.341. The van der Waals surface area contributed by atoms with Crippen molar-refractivity contribution in [3.05, 3.63) is 144 Å². The third kappa shape index (κ3) is 9.88. The van der Waals surface area contributed by atoms with Crippen LogP contribution in [0.1, 0.15) is 55.9 Å². The highest BCUT2D eigenvalue weighted by Crippen LogP contribution is 2.37. The van der Waals surface area contributed by atoms with Crippen molar-refractivity contribution in [2.45, 2.75) is 69.5 Å². The van der Waals surface area contributed by atoms with Gasteiger partial charge < -0.3 is 30.2 Å². The fourth-order valence-corrected chi connectivity index (χ4v) is 5.98. The van der Waals surface area contributed by atoms with E-state index in [1.165, 1.54) is 19.1 Å². The predicted molar refractivity (Wildman–Crippen MR) is 194 cm³/mol. The zero-order chi connectivity index (χ0) is 36.1. The van der Waals surface area contributed by atoms with Crippen molar-refractivity contribution in [3.63, 3.8) is 0 Å². The molecule has 0 unspecified atom stereocenters. The summed E-state index contributed by atoms with van der Waals surface area (Å²) in [6.45, 7) is 5.24. The van der Waals surface area contributed by atoms with Gasteiger partial charge in [-0.3, -0.25) is 9.59 Å². The summed E-state index contributed by atoms with van der Waals surface area (Å²) in [7, 11) is 2.92. The highest BCUT2D eigenvalue weighted by molar-refractivity contribution is 5.88. The van der Waals surface area contributed by atoms with E-state index < -0.39 is 41.4 Å². The molecule has 3 N–H and O–H groups in total. The van der Waals surface area contributed by atoms with Crippen molar-refractivity contribution < 1.29 is 28.6 Å². The topological polar surface area (TPSA) is 120 Å². The Hall–Kier alpha value is -4.83. The van der Waals surface area contributed by atoms with Crippen molar-refractivity contribution in [1.29, 1.82) is 0 Å². The molecule has 0 fully saturated rings. The van der Waals surface area contributed by atoms with E-state index in [2.05, 4.69) is 5.32 Å². The molecule has 4 aromatic carbocycles. The highest BCUT2D eigenvalue weighted by atomic mass is 16.7. The standard InChI is InChI=1S/C41H49N3O6/c1-40(2,3)50-39(47)35(28-30-18-10-6-11-19-30)44(29-37(48-4)49-5)38(46)34(42)26-27-36(45)43-41(31-20-12-7-13-21-31,32-22-14-8-15-23-32)33-24-16-9-17-25-33/h6-25,34-35,37H,26-29,42H2,1-5H3,(H,43,45)/t34-,35-/m0/s1. The number of benzene rings is 4. The molecule has 0 aromatic heterocycles. The van der Waals surface area contributed by atoms with Gasteiger partial charge in [-0.15, -0.1) is 0 Å². The lowest BCUT2D eigenvalue weighted by Crippen LogP contribution is -2.56. The summed E-state index contributed by atoms with van der Waals surface area (Å²) in [5, 5.41) is 3.32. The number of amides is 2. The molecule has 0 spiro atoms. The molecule has 264 valence electrons. The van der Waals surface area contributed by atoms with Gasteiger partial charge in [0.05, 0.1) is 12.6 Å². The van der Waals surface area contributed by atoms with Gasteiger partial charge in [0.15, 0.2) is 6.29 Å². The van der Waals surface area contributed by atoms with Crippen LogP contribution in [0.4, 0.5) is 0 Å². The first-order valence-corrected chi connectivity index (χ1v) is 16.8. The van der Waals surface area contributed by atoms with Crippen LogP contribution in [0.5, 0.6) is 0 Å². The Kier molecular flexibility index (Phi) is 13.5. The minimum Gasteiger partial charge on any atom is -0.458 e. The van der Waals surface area contributed by atoms with Crippen LogP contribution in [-0.2, 0) is 40.6 Å². The van der Waals surface area contributed by atoms with E-state index in [1.807, 2.05) is 121 Å². The van der Waals surface area contributed by atoms with Gasteiger partial charge in [0.1, 0.15) is 17.2 Å². The number of carbonyl (C=O) groups is 3. The number of ether oxygens (including phenoxy) is 3. The van der Waals surface area contributed by atoms with E-state index in [9.17, 15) is 14.4 Å². The average Bonchev–Trinajstić information content (AvgIpc) is 3.13. The Morgan fingerprint density at radius 2 is 1.16 bits per heavy atom. The summed E-state index contributed by atoms with van der Waals surface area (Å²) in [6, 6.07) is 36.6. The summed E-state index contributed by atoms with van der Waals surface area (Å²) in [5.74, 6) is -1.40. The van der Waals surface area contributed by atoms with Crippen molar-refractivity contribution in [1.82, 2.24) is 10.2 Å². The van der Waals surface area contributed by atoms with E-state index in [4.69, 9.17) is 19.9 Å². The maximum absolute atomic E-state index is 14.2. The molecule has 4 rings (SSSR count). The summed E-state index contributed by atoms with van der Waals surface area (Å²) < 4.78 is 16.7. The van der Waals surface area contributed by atoms with Gasteiger partial charge >= 0.3 is 5.97 Å². The van der Waals surface area contributed by atoms with Gasteiger partial charge in [-0.2, -0.15) is 0 Å². The number of esters is 1. The number of nitrogens with two attached hydrogens (primary N) is 1. The molecule has 2 amide bonds. The van der Waals surface area contributed by atoms with Crippen LogP contribution in [0.15, 0.2) is 121 Å². The molecule has 0 aliphatic carbocycles. The molecular weight excluding hydrogens is 630 g/mol. The molecule has 0 heterocycles. The van der Waals surface area contributed by atoms with Gasteiger partial charge in [0.25, 0.3) is 0 Å². The Bertz CT molecular complexity index is 1550. The molecule has 0 radical (unpaired) electrons. The number of hydrogen-bond donors (Lipinski definition) is 2. The van der Waals surface area contributed by atoms with Crippen molar-refractivity contribution >= 4 is 17.8 Å². The van der Waals surface area contributed by atoms with Gasteiger partial charge in [0, 0.05) is 27.1 Å². The zero-order valence-corrected chi connectivity index (χ0v) is 29.6. The molecule has 0 saturated heterocycles. The van der Waals surface area contributed by atoms with Crippen LogP contribution in [0, 0.1) is 0 Å². The molecule has 50 heavy (non-hydrogen) atoms. The monoisotopic (exact) mass is 679 g/mol. The van der Waals surface area contributed by atoms with Crippen LogP contribution in [0.2, 0.25) is 0 Å². The lowest BCUT2D eigenvalue weighted by Gasteiger charge is -2.37. The molecule has 2 atom stereocenters. The van der Waals surface area contributed by atoms with E-state index in [1.54, 1.807) is 20.8 Å². The predicted octanol–water partition coefficient (Wildman–Crippen LogP) is 5.60. The van der Waals surface area contributed by atoms with Crippen LogP contribution in [-0.4, -0.2) is 67.4 Å². The van der Waals surface area contributed by atoms with E-state index in [-0.39, 0.29) is 31.7 Å². The Labute approximate surface area is 295 Å². The number of nitrogens with one attached hydrogen (secondary N) is 1. The first-order chi connectivity index (χ1) is 24.0. The number of carbonyl (C=O) groups excluding carboxylic acids is 3. The van der Waals surface area contributed by atoms with Crippen LogP contribution in [0.25, 0.3) is 0 Å². The molecule has 0 bridgehead atoms. The molecule has 4 aromatic rings. The molecule has 9 nitrogen and oxygen atoms in total. The Balaban J connectivity index is 1.63. The molecule has 0 aliphatic rings. The minimum absolute atomic E-state index is 0.0205. The van der Waals surface area contributed by atoms with Crippen molar-refractivity contribution in [3.8, 4) is 0 Å². The van der Waals surface area contributed by atoms with Gasteiger partial charge in [-0.1, -0.05) is 121 Å². The fourth-order valence-electron chi connectivity index (χ4n) is 5.98. The molecule has 0 saturated carbocycles. The summed E-state index contributed by atoms with van der Waals surface area (Å²) in [6.07, 6.45) is -0.684. The average molecular weight is 680 g/mol. The van der Waals surface area contributed by atoms with E-state index in [0.717, 1.165) is 22.3 Å². The largest absolute Gasteiger partial charge is 0.458 e. The van der Waals surface area contributed by atoms with Gasteiger partial charge in [-0.05, 0) is 49.4 Å². The Morgan fingerprint density at radius 3 is 1.58 bits per heavy atom. The molecule has 9 heteroatoms. The highest BCUT2D eigenvalue weighted by Gasteiger charge is 2.39. The summed E-state index contributed by atoms with van der Waals surface area (Å²) in [5.41, 5.74) is 8.23. The van der Waals surface area contributed by atoms with Crippen LogP contribution in [0.3, 0.4) is 0 Å². The maximum Gasteiger partial charge on any atom is 0.329 e. The maximum atomic E-state index is 14.2. The number of methoxy groups -OCH3 is 2. The summed E-state index contributed by atoms with van der Waals surface area (Å²) >= 11 is 0. The number of nitrogens with zero attached hydrogens (tertiary/aromatic N) is 1. The minimum atomic E-state index is -1.12.